The predicted octanol–water partition coefficient (Wildman–Crippen LogP) is 3.76. The average molecular weight is 272 g/mol. The summed E-state index contributed by atoms with van der Waals surface area (Å²) in [7, 11) is 0. The molecular weight excluding hydrogens is 254 g/mol. The second kappa shape index (κ2) is 5.40. The van der Waals surface area contributed by atoms with Gasteiger partial charge in [0.2, 0.25) is 0 Å². The number of nitrogens with two attached hydrogens (primary N) is 1. The molecule has 0 aromatic heterocycles. The molecule has 0 aliphatic rings. The van der Waals surface area contributed by atoms with E-state index in [-0.39, 0.29) is 0 Å². The van der Waals surface area contributed by atoms with Gasteiger partial charge in [-0.05, 0) is 52.9 Å². The Bertz CT molecular complexity index is 337. The van der Waals surface area contributed by atoms with E-state index >= 15 is 0 Å². The minimum absolute atomic E-state index is 0.665. The molecule has 1 rings (SSSR count). The molecule has 0 saturated carbocycles. The highest BCUT2D eigenvalue weighted by atomic mass is 79.9. The van der Waals surface area contributed by atoms with Crippen molar-refractivity contribution in [1.29, 1.82) is 0 Å². The van der Waals surface area contributed by atoms with E-state index in [1.54, 1.807) is 0 Å². The quantitative estimate of drug-likeness (QED) is 0.847. The topological polar surface area (TPSA) is 35.2 Å². The fraction of sp³-hybridized carbons (Fsp3) is 0.500. The number of aryl methyl sites for hydroxylation is 1. The molecule has 1 aromatic carbocycles. The van der Waals surface area contributed by atoms with Crippen LogP contribution in [-0.2, 0) is 0 Å². The van der Waals surface area contributed by atoms with Crippen molar-refractivity contribution in [2.45, 2.75) is 27.2 Å². The van der Waals surface area contributed by atoms with Crippen LogP contribution in [0.25, 0.3) is 0 Å². The van der Waals surface area contributed by atoms with E-state index in [0.29, 0.717) is 5.92 Å². The fourth-order valence-electron chi connectivity index (χ4n) is 1.19. The first kappa shape index (κ1) is 12.4. The van der Waals surface area contributed by atoms with Crippen LogP contribution >= 0.6 is 15.9 Å². The lowest BCUT2D eigenvalue weighted by molar-refractivity contribution is 0.288. The second-order valence-electron chi connectivity index (χ2n) is 4.17. The maximum absolute atomic E-state index is 5.78. The number of nitrogen functional groups attached to an aromatic ring is 1. The zero-order valence-corrected chi connectivity index (χ0v) is 11.1. The summed E-state index contributed by atoms with van der Waals surface area (Å²) in [6, 6.07) is 3.86. The van der Waals surface area contributed by atoms with Gasteiger partial charge in [-0.25, -0.2) is 0 Å². The summed E-state index contributed by atoms with van der Waals surface area (Å²) in [5, 5.41) is 0. The van der Waals surface area contributed by atoms with Crippen LogP contribution in [0.2, 0.25) is 0 Å². The lowest BCUT2D eigenvalue weighted by atomic mass is 10.1. The number of anilines is 1. The van der Waals surface area contributed by atoms with Gasteiger partial charge in [-0.1, -0.05) is 13.8 Å². The van der Waals surface area contributed by atoms with Gasteiger partial charge in [0.05, 0.1) is 11.1 Å². The zero-order valence-electron chi connectivity index (χ0n) is 9.51. The van der Waals surface area contributed by atoms with Crippen molar-refractivity contribution in [1.82, 2.24) is 0 Å². The summed E-state index contributed by atoms with van der Waals surface area (Å²) >= 11 is 3.44. The van der Waals surface area contributed by atoms with Crippen LogP contribution < -0.4 is 10.5 Å². The molecule has 15 heavy (non-hydrogen) atoms. The van der Waals surface area contributed by atoms with Gasteiger partial charge in [-0.3, -0.25) is 0 Å². The molecule has 0 bridgehead atoms. The van der Waals surface area contributed by atoms with Crippen LogP contribution in [0.3, 0.4) is 0 Å². The molecule has 2 nitrogen and oxygen atoms in total. The van der Waals surface area contributed by atoms with E-state index in [2.05, 4.69) is 29.8 Å². The van der Waals surface area contributed by atoms with Crippen LogP contribution in [0.4, 0.5) is 5.69 Å². The average Bonchev–Trinajstić information content (AvgIpc) is 2.13. The zero-order chi connectivity index (χ0) is 11.4. The Labute approximate surface area is 99.9 Å². The summed E-state index contributed by atoms with van der Waals surface area (Å²) in [4.78, 5) is 0. The van der Waals surface area contributed by atoms with Gasteiger partial charge in [-0.15, -0.1) is 0 Å². The highest BCUT2D eigenvalue weighted by molar-refractivity contribution is 9.10. The van der Waals surface area contributed by atoms with E-state index < -0.39 is 0 Å². The monoisotopic (exact) mass is 271 g/mol. The number of rotatable bonds is 4. The Balaban J connectivity index is 2.65. The maximum Gasteiger partial charge on any atom is 0.133 e. The molecule has 0 aliphatic heterocycles. The molecule has 0 aliphatic carbocycles. The summed E-state index contributed by atoms with van der Waals surface area (Å²) in [5.74, 6) is 1.54. The molecule has 0 radical (unpaired) electrons. The van der Waals surface area contributed by atoms with Gasteiger partial charge < -0.3 is 10.5 Å². The van der Waals surface area contributed by atoms with Crippen molar-refractivity contribution in [2.24, 2.45) is 5.92 Å². The lowest BCUT2D eigenvalue weighted by Crippen LogP contribution is -2.02. The van der Waals surface area contributed by atoms with Crippen molar-refractivity contribution in [2.75, 3.05) is 12.3 Å². The van der Waals surface area contributed by atoms with Gasteiger partial charge in [0.25, 0.3) is 0 Å². The number of halogens is 1. The first-order valence-electron chi connectivity index (χ1n) is 5.19. The minimum atomic E-state index is 0.665. The summed E-state index contributed by atoms with van der Waals surface area (Å²) in [6.07, 6.45) is 1.07. The van der Waals surface area contributed by atoms with Crippen LogP contribution in [-0.4, -0.2) is 6.61 Å². The van der Waals surface area contributed by atoms with E-state index in [1.807, 2.05) is 19.1 Å². The van der Waals surface area contributed by atoms with Crippen LogP contribution in [0, 0.1) is 12.8 Å². The molecule has 2 N–H and O–H groups in total. The summed E-state index contributed by atoms with van der Waals surface area (Å²) in [6.45, 7) is 7.11. The maximum atomic E-state index is 5.78. The normalized spacial score (nSPS) is 10.7. The Morgan fingerprint density at radius 2 is 2.07 bits per heavy atom. The summed E-state index contributed by atoms with van der Waals surface area (Å²) < 4.78 is 6.61. The first-order chi connectivity index (χ1) is 7.00. The predicted molar refractivity (Wildman–Crippen MR) is 68.2 cm³/mol. The highest BCUT2D eigenvalue weighted by Crippen LogP contribution is 2.29. The van der Waals surface area contributed by atoms with Gasteiger partial charge in [0.1, 0.15) is 5.75 Å². The fourth-order valence-corrected chi connectivity index (χ4v) is 1.66. The van der Waals surface area contributed by atoms with Crippen molar-refractivity contribution in [3.63, 3.8) is 0 Å². The van der Waals surface area contributed by atoms with E-state index in [9.17, 15) is 0 Å². The van der Waals surface area contributed by atoms with Gasteiger partial charge in [0.15, 0.2) is 0 Å². The summed E-state index contributed by atoms with van der Waals surface area (Å²) in [5.41, 5.74) is 7.62. The van der Waals surface area contributed by atoms with E-state index in [4.69, 9.17) is 10.5 Å². The Kier molecular flexibility index (Phi) is 4.45. The molecule has 0 saturated heterocycles. The van der Waals surface area contributed by atoms with Crippen LogP contribution in [0.15, 0.2) is 16.6 Å². The Morgan fingerprint density at radius 1 is 1.40 bits per heavy atom. The number of ether oxygens (including phenoxy) is 1. The van der Waals surface area contributed by atoms with E-state index in [0.717, 1.165) is 34.5 Å². The molecule has 0 spiro atoms. The number of hydrogen-bond donors (Lipinski definition) is 1. The van der Waals surface area contributed by atoms with Crippen molar-refractivity contribution in [3.05, 3.63) is 22.2 Å². The molecule has 84 valence electrons. The number of hydrogen-bond acceptors (Lipinski definition) is 2. The second-order valence-corrected chi connectivity index (χ2v) is 5.02. The third-order valence-corrected chi connectivity index (χ3v) is 2.89. The first-order valence-corrected chi connectivity index (χ1v) is 5.98. The van der Waals surface area contributed by atoms with Gasteiger partial charge in [-0.2, -0.15) is 0 Å². The third-order valence-electron chi connectivity index (χ3n) is 2.27. The molecular formula is C12H18BrNO. The third kappa shape index (κ3) is 3.74. The van der Waals surface area contributed by atoms with Crippen molar-refractivity contribution >= 4 is 21.6 Å². The van der Waals surface area contributed by atoms with Crippen molar-refractivity contribution < 1.29 is 4.74 Å². The highest BCUT2D eigenvalue weighted by Gasteiger charge is 2.04. The molecule has 1 aromatic rings. The SMILES string of the molecule is Cc1cc(OCCC(C)C)c(Br)cc1N. The molecule has 0 heterocycles. The van der Waals surface area contributed by atoms with Crippen LogP contribution in [0.5, 0.6) is 5.75 Å². The molecule has 0 amide bonds. The minimum Gasteiger partial charge on any atom is -0.492 e. The van der Waals surface area contributed by atoms with Gasteiger partial charge in [0, 0.05) is 5.69 Å². The number of benzene rings is 1. The Morgan fingerprint density at radius 3 is 2.67 bits per heavy atom. The van der Waals surface area contributed by atoms with E-state index in [1.165, 1.54) is 0 Å². The van der Waals surface area contributed by atoms with Gasteiger partial charge >= 0.3 is 0 Å². The standard InChI is InChI=1S/C12H18BrNO/c1-8(2)4-5-15-12-6-9(3)11(14)7-10(12)13/h6-8H,4-5,14H2,1-3H3. The van der Waals surface area contributed by atoms with Crippen molar-refractivity contribution in [3.8, 4) is 5.75 Å². The molecule has 0 unspecified atom stereocenters. The van der Waals surface area contributed by atoms with Crippen LogP contribution in [0.1, 0.15) is 25.8 Å². The largest absolute Gasteiger partial charge is 0.492 e. The molecule has 0 fully saturated rings. The molecule has 0 atom stereocenters. The Hall–Kier alpha value is -0.700. The lowest BCUT2D eigenvalue weighted by Gasteiger charge is -2.11. The smallest absolute Gasteiger partial charge is 0.133 e. The molecule has 3 heteroatoms.